The number of hydrogen-bond acceptors (Lipinski definition) is 10. The zero-order chi connectivity index (χ0) is 30.5. The number of nitrogens with zero attached hydrogens (tertiary/aromatic N) is 1. The summed E-state index contributed by atoms with van der Waals surface area (Å²) in [5, 5.41) is 0. The lowest BCUT2D eigenvalue weighted by Gasteiger charge is -2.32. The summed E-state index contributed by atoms with van der Waals surface area (Å²) < 4.78 is 33.9. The van der Waals surface area contributed by atoms with Gasteiger partial charge in [0.1, 0.15) is 23.7 Å². The molecular formula is C32H37NO9. The smallest absolute Gasteiger partial charge is 0.309 e. The molecule has 0 amide bonds. The number of ether oxygens (including phenoxy) is 6. The topological polar surface area (TPSA) is 119 Å². The molecule has 0 bridgehead atoms. The Morgan fingerprint density at radius 2 is 1.50 bits per heavy atom. The molecule has 1 heterocycles. The van der Waals surface area contributed by atoms with Crippen molar-refractivity contribution in [3.63, 3.8) is 0 Å². The average molecular weight is 580 g/mol. The Kier molecular flexibility index (Phi) is 12.2. The Morgan fingerprint density at radius 3 is 2.07 bits per heavy atom. The first kappa shape index (κ1) is 31.9. The van der Waals surface area contributed by atoms with Crippen molar-refractivity contribution in [2.75, 3.05) is 13.9 Å². The van der Waals surface area contributed by atoms with Gasteiger partial charge < -0.3 is 28.4 Å². The van der Waals surface area contributed by atoms with Crippen molar-refractivity contribution in [1.82, 2.24) is 4.98 Å². The van der Waals surface area contributed by atoms with E-state index in [1.807, 2.05) is 67.6 Å². The van der Waals surface area contributed by atoms with Gasteiger partial charge in [0, 0.05) is 25.6 Å². The number of carbonyl (C=O) groups excluding carboxylic acids is 3. The lowest BCUT2D eigenvalue weighted by atomic mass is 10.0. The number of hydrogen-bond donors (Lipinski definition) is 0. The predicted octanol–water partition coefficient (Wildman–Crippen LogP) is 5.44. The zero-order valence-corrected chi connectivity index (χ0v) is 24.5. The molecular weight excluding hydrogens is 542 g/mol. The number of aromatic nitrogens is 1. The van der Waals surface area contributed by atoms with Gasteiger partial charge >= 0.3 is 11.9 Å². The number of ketones is 1. The van der Waals surface area contributed by atoms with Gasteiger partial charge in [0.15, 0.2) is 29.1 Å². The Morgan fingerprint density at radius 1 is 0.881 bits per heavy atom. The second-order valence-corrected chi connectivity index (χ2v) is 9.53. The van der Waals surface area contributed by atoms with E-state index in [1.165, 1.54) is 26.3 Å². The zero-order valence-electron chi connectivity index (χ0n) is 24.5. The molecule has 0 saturated carbocycles. The Balaban J connectivity index is 1.73. The number of para-hydroxylation sites is 2. The van der Waals surface area contributed by atoms with Crippen molar-refractivity contribution >= 4 is 17.7 Å². The maximum absolute atomic E-state index is 13.2. The molecule has 1 aromatic heterocycles. The van der Waals surface area contributed by atoms with Crippen LogP contribution in [0.2, 0.25) is 0 Å². The molecule has 42 heavy (non-hydrogen) atoms. The number of carbonyl (C=O) groups is 3. The first-order valence-corrected chi connectivity index (χ1v) is 13.7. The second-order valence-electron chi connectivity index (χ2n) is 9.53. The minimum absolute atomic E-state index is 0.0142. The highest BCUT2D eigenvalue weighted by Crippen LogP contribution is 2.31. The van der Waals surface area contributed by atoms with Gasteiger partial charge in [-0.3, -0.25) is 14.4 Å². The van der Waals surface area contributed by atoms with Crippen molar-refractivity contribution in [2.24, 2.45) is 5.92 Å². The molecule has 0 saturated heterocycles. The predicted molar refractivity (Wildman–Crippen MR) is 154 cm³/mol. The summed E-state index contributed by atoms with van der Waals surface area (Å²) in [5.74, 6) is -0.908. The van der Waals surface area contributed by atoms with Crippen LogP contribution in [0.5, 0.6) is 23.0 Å². The summed E-state index contributed by atoms with van der Waals surface area (Å²) in [6.07, 6.45) is -0.0474. The van der Waals surface area contributed by atoms with E-state index in [1.54, 1.807) is 13.8 Å². The minimum atomic E-state index is -0.818. The van der Waals surface area contributed by atoms with E-state index in [2.05, 4.69) is 4.98 Å². The SMILES string of the molecule is CC[C@H](Oc1ccccc1)[C@@H](Oc1ccccc1)[C@H](C)OC(=O)[C@H](C)CC(=O)c1nccc(OC)c1OCOC(C)=O. The maximum Gasteiger partial charge on any atom is 0.309 e. The first-order valence-electron chi connectivity index (χ1n) is 13.7. The number of methoxy groups -OCH3 is 1. The van der Waals surface area contributed by atoms with E-state index in [4.69, 9.17) is 28.4 Å². The Hall–Kier alpha value is -4.60. The van der Waals surface area contributed by atoms with Gasteiger partial charge in [0.2, 0.25) is 6.79 Å². The molecule has 4 atom stereocenters. The van der Waals surface area contributed by atoms with Gasteiger partial charge in [-0.25, -0.2) is 4.98 Å². The van der Waals surface area contributed by atoms with Gasteiger partial charge in [-0.1, -0.05) is 50.2 Å². The lowest BCUT2D eigenvalue weighted by molar-refractivity contribution is -0.160. The molecule has 3 rings (SSSR count). The summed E-state index contributed by atoms with van der Waals surface area (Å²) in [6.45, 7) is 6.10. The number of Topliss-reactive ketones (excluding diaryl/α,β-unsaturated/α-hetero) is 1. The van der Waals surface area contributed by atoms with Crippen molar-refractivity contribution in [1.29, 1.82) is 0 Å². The molecule has 0 fully saturated rings. The number of pyridine rings is 1. The Bertz CT molecular complexity index is 1300. The molecule has 0 aliphatic rings. The summed E-state index contributed by atoms with van der Waals surface area (Å²) in [7, 11) is 1.41. The molecule has 224 valence electrons. The summed E-state index contributed by atoms with van der Waals surface area (Å²) in [6, 6.07) is 20.1. The van der Waals surface area contributed by atoms with Gasteiger partial charge in [0.25, 0.3) is 0 Å². The van der Waals surface area contributed by atoms with Gasteiger partial charge in [-0.2, -0.15) is 0 Å². The van der Waals surface area contributed by atoms with Crippen LogP contribution in [0, 0.1) is 5.92 Å². The van der Waals surface area contributed by atoms with Crippen LogP contribution in [-0.4, -0.2) is 54.9 Å². The van der Waals surface area contributed by atoms with Gasteiger partial charge in [-0.05, 0) is 37.6 Å². The van der Waals surface area contributed by atoms with E-state index in [9.17, 15) is 14.4 Å². The Labute approximate surface area is 245 Å². The third-order valence-corrected chi connectivity index (χ3v) is 6.29. The highest BCUT2D eigenvalue weighted by molar-refractivity contribution is 5.99. The molecule has 0 aliphatic carbocycles. The fraction of sp³-hybridized carbons (Fsp3) is 0.375. The third kappa shape index (κ3) is 9.22. The van der Waals surface area contributed by atoms with Crippen LogP contribution in [0.25, 0.3) is 0 Å². The molecule has 0 N–H and O–H groups in total. The molecule has 10 heteroatoms. The molecule has 0 aliphatic heterocycles. The molecule has 0 radical (unpaired) electrons. The van der Waals surface area contributed by atoms with Crippen LogP contribution in [0.15, 0.2) is 72.9 Å². The standard InChI is InChI=1S/C32H37NO9/c1-6-27(41-24-13-9-7-10-14-24)30(42-25-15-11-8-12-16-25)22(3)40-32(36)21(2)19-26(35)29-31(39-20-38-23(4)34)28(37-5)17-18-33-29/h7-18,21-22,27,30H,6,19-20H2,1-5H3/t21-,22+,27+,30+/m1/s1. The van der Waals surface area contributed by atoms with Crippen LogP contribution < -0.4 is 18.9 Å². The van der Waals surface area contributed by atoms with Crippen molar-refractivity contribution in [3.05, 3.63) is 78.6 Å². The first-order chi connectivity index (χ1) is 20.2. The summed E-state index contributed by atoms with van der Waals surface area (Å²) in [4.78, 5) is 41.7. The van der Waals surface area contributed by atoms with Crippen LogP contribution in [0.4, 0.5) is 0 Å². The van der Waals surface area contributed by atoms with Gasteiger partial charge in [-0.15, -0.1) is 0 Å². The van der Waals surface area contributed by atoms with E-state index >= 15 is 0 Å². The number of esters is 2. The average Bonchev–Trinajstić information content (AvgIpc) is 2.99. The molecule has 2 aromatic carbocycles. The monoisotopic (exact) mass is 579 g/mol. The van der Waals surface area contributed by atoms with Crippen molar-refractivity contribution in [2.45, 2.75) is 58.8 Å². The van der Waals surface area contributed by atoms with Crippen LogP contribution >= 0.6 is 0 Å². The highest BCUT2D eigenvalue weighted by atomic mass is 16.7. The van der Waals surface area contributed by atoms with Crippen LogP contribution in [0.1, 0.15) is 51.0 Å². The highest BCUT2D eigenvalue weighted by Gasteiger charge is 2.34. The van der Waals surface area contributed by atoms with Crippen LogP contribution in [0.3, 0.4) is 0 Å². The molecule has 0 spiro atoms. The van der Waals surface area contributed by atoms with E-state index in [0.29, 0.717) is 17.9 Å². The summed E-state index contributed by atoms with van der Waals surface area (Å²) in [5.41, 5.74) is -0.0539. The molecule has 10 nitrogen and oxygen atoms in total. The fourth-order valence-corrected chi connectivity index (χ4v) is 4.11. The van der Waals surface area contributed by atoms with E-state index in [0.717, 1.165) is 0 Å². The van der Waals surface area contributed by atoms with Gasteiger partial charge in [0.05, 0.1) is 13.0 Å². The lowest BCUT2D eigenvalue weighted by Crippen LogP contribution is -2.46. The minimum Gasteiger partial charge on any atom is -0.493 e. The normalized spacial score (nSPS) is 13.5. The number of rotatable bonds is 16. The largest absolute Gasteiger partial charge is 0.493 e. The third-order valence-electron chi connectivity index (χ3n) is 6.29. The maximum atomic E-state index is 13.2. The van der Waals surface area contributed by atoms with E-state index in [-0.39, 0.29) is 23.6 Å². The quantitative estimate of drug-likeness (QED) is 0.123. The molecule has 0 unspecified atom stereocenters. The summed E-state index contributed by atoms with van der Waals surface area (Å²) >= 11 is 0. The van der Waals surface area contributed by atoms with Crippen molar-refractivity contribution < 1.29 is 42.8 Å². The van der Waals surface area contributed by atoms with Crippen molar-refractivity contribution in [3.8, 4) is 23.0 Å². The van der Waals surface area contributed by atoms with Crippen LogP contribution in [-0.2, 0) is 19.1 Å². The second kappa shape index (κ2) is 16.0. The number of benzene rings is 2. The molecule has 3 aromatic rings. The fourth-order valence-electron chi connectivity index (χ4n) is 4.11. The van der Waals surface area contributed by atoms with E-state index < -0.39 is 48.7 Å².